The Hall–Kier alpha value is -2.60. The predicted octanol–water partition coefficient (Wildman–Crippen LogP) is 3.98. The standard InChI is InChI=1S/C18H14F6N2O3S/c19-13-6-4-11(30(28,29)26-16(9-1-2-9)18(22,23)24)8-12(13)17(27)25-10-3-5-14(20)15(21)7-10/h3-9,16,26H,1-2H2,(H,25,27)/t16-/m0/s1. The van der Waals surface area contributed by atoms with Gasteiger partial charge in [0.1, 0.15) is 11.9 Å². The van der Waals surface area contributed by atoms with E-state index in [-0.39, 0.29) is 18.5 Å². The van der Waals surface area contributed by atoms with E-state index < -0.39 is 62.0 Å². The van der Waals surface area contributed by atoms with E-state index in [1.54, 1.807) is 4.72 Å². The lowest BCUT2D eigenvalue weighted by Crippen LogP contribution is -2.46. The van der Waals surface area contributed by atoms with Crippen molar-refractivity contribution in [3.8, 4) is 0 Å². The first-order chi connectivity index (χ1) is 13.9. The first-order valence-electron chi connectivity index (χ1n) is 8.53. The fourth-order valence-electron chi connectivity index (χ4n) is 2.71. The molecule has 1 aliphatic rings. The van der Waals surface area contributed by atoms with Crippen LogP contribution < -0.4 is 10.0 Å². The molecule has 0 aromatic heterocycles. The van der Waals surface area contributed by atoms with Crippen molar-refractivity contribution in [1.29, 1.82) is 0 Å². The molecule has 12 heteroatoms. The first-order valence-corrected chi connectivity index (χ1v) is 10.0. The fourth-order valence-corrected chi connectivity index (χ4v) is 4.03. The molecular formula is C18H14F6N2O3S. The lowest BCUT2D eigenvalue weighted by atomic mass is 10.2. The van der Waals surface area contributed by atoms with Gasteiger partial charge in [-0.1, -0.05) is 0 Å². The molecule has 2 aromatic rings. The molecule has 3 rings (SSSR count). The van der Waals surface area contributed by atoms with Crippen LogP contribution in [0.5, 0.6) is 0 Å². The summed E-state index contributed by atoms with van der Waals surface area (Å²) in [5.41, 5.74) is -1.05. The monoisotopic (exact) mass is 452 g/mol. The van der Waals surface area contributed by atoms with E-state index in [1.807, 2.05) is 0 Å². The Morgan fingerprint density at radius 2 is 1.60 bits per heavy atom. The molecule has 1 amide bonds. The Bertz CT molecular complexity index is 1080. The lowest BCUT2D eigenvalue weighted by Gasteiger charge is -2.21. The van der Waals surface area contributed by atoms with Crippen LogP contribution in [0, 0.1) is 23.4 Å². The summed E-state index contributed by atoms with van der Waals surface area (Å²) in [6, 6.07) is 1.90. The molecule has 162 valence electrons. The van der Waals surface area contributed by atoms with Gasteiger partial charge in [-0.3, -0.25) is 4.79 Å². The van der Waals surface area contributed by atoms with Crippen molar-refractivity contribution in [3.63, 3.8) is 0 Å². The molecule has 0 radical (unpaired) electrons. The van der Waals surface area contributed by atoms with Crippen molar-refractivity contribution in [2.45, 2.75) is 30.0 Å². The highest BCUT2D eigenvalue weighted by atomic mass is 32.2. The number of benzene rings is 2. The smallest absolute Gasteiger partial charge is 0.322 e. The molecular weight excluding hydrogens is 438 g/mol. The molecule has 0 aliphatic heterocycles. The van der Waals surface area contributed by atoms with E-state index in [2.05, 4.69) is 5.32 Å². The molecule has 1 fully saturated rings. The zero-order valence-corrected chi connectivity index (χ0v) is 15.8. The quantitative estimate of drug-likeness (QED) is 0.652. The van der Waals surface area contributed by atoms with E-state index in [0.717, 1.165) is 6.07 Å². The summed E-state index contributed by atoms with van der Waals surface area (Å²) in [5.74, 6) is -5.73. The number of rotatable bonds is 6. The third kappa shape index (κ3) is 4.93. The van der Waals surface area contributed by atoms with Gasteiger partial charge in [-0.15, -0.1) is 0 Å². The van der Waals surface area contributed by atoms with Crippen LogP contribution in [0.2, 0.25) is 0 Å². The zero-order chi connectivity index (χ0) is 22.3. The Morgan fingerprint density at radius 1 is 0.967 bits per heavy atom. The third-order valence-corrected chi connectivity index (χ3v) is 5.84. The van der Waals surface area contributed by atoms with Crippen molar-refractivity contribution in [2.24, 2.45) is 5.92 Å². The molecule has 0 heterocycles. The van der Waals surface area contributed by atoms with Crippen LogP contribution in [0.3, 0.4) is 0 Å². The number of hydrogen-bond donors (Lipinski definition) is 2. The second-order valence-corrected chi connectivity index (χ2v) is 8.42. The van der Waals surface area contributed by atoms with Gasteiger partial charge in [-0.05, 0) is 49.1 Å². The van der Waals surface area contributed by atoms with Gasteiger partial charge in [0.25, 0.3) is 5.91 Å². The number of carbonyl (C=O) groups is 1. The van der Waals surface area contributed by atoms with Crippen molar-refractivity contribution in [1.82, 2.24) is 4.72 Å². The van der Waals surface area contributed by atoms with E-state index in [4.69, 9.17) is 0 Å². The Balaban J connectivity index is 1.86. The minimum atomic E-state index is -4.82. The molecule has 1 aliphatic carbocycles. The van der Waals surface area contributed by atoms with Crippen LogP contribution in [-0.2, 0) is 10.0 Å². The van der Waals surface area contributed by atoms with Crippen LogP contribution in [0.15, 0.2) is 41.3 Å². The average molecular weight is 452 g/mol. The zero-order valence-electron chi connectivity index (χ0n) is 14.9. The molecule has 0 saturated heterocycles. The number of halogens is 6. The average Bonchev–Trinajstić information content (AvgIpc) is 3.47. The Morgan fingerprint density at radius 3 is 2.17 bits per heavy atom. The van der Waals surface area contributed by atoms with Crippen molar-refractivity contribution < 1.29 is 39.6 Å². The van der Waals surface area contributed by atoms with Gasteiger partial charge in [0.2, 0.25) is 10.0 Å². The number of alkyl halides is 3. The Kier molecular flexibility index (Phi) is 5.83. The van der Waals surface area contributed by atoms with Gasteiger partial charge in [0.05, 0.1) is 10.5 Å². The molecule has 0 spiro atoms. The van der Waals surface area contributed by atoms with Crippen molar-refractivity contribution in [2.75, 3.05) is 5.32 Å². The van der Waals surface area contributed by atoms with E-state index >= 15 is 0 Å². The van der Waals surface area contributed by atoms with E-state index in [9.17, 15) is 39.6 Å². The van der Waals surface area contributed by atoms with E-state index in [1.165, 1.54) is 0 Å². The molecule has 30 heavy (non-hydrogen) atoms. The molecule has 5 nitrogen and oxygen atoms in total. The van der Waals surface area contributed by atoms with Crippen molar-refractivity contribution in [3.05, 3.63) is 59.4 Å². The molecule has 2 aromatic carbocycles. The summed E-state index contributed by atoms with van der Waals surface area (Å²) in [6.45, 7) is 0. The van der Waals surface area contributed by atoms with Gasteiger partial charge < -0.3 is 5.32 Å². The maximum absolute atomic E-state index is 14.1. The Labute approximate surface area is 167 Å². The summed E-state index contributed by atoms with van der Waals surface area (Å²) in [7, 11) is -4.73. The molecule has 2 N–H and O–H groups in total. The summed E-state index contributed by atoms with van der Waals surface area (Å²) < 4.78 is 106. The van der Waals surface area contributed by atoms with E-state index in [0.29, 0.717) is 30.3 Å². The van der Waals surface area contributed by atoms with Crippen LogP contribution >= 0.6 is 0 Å². The maximum atomic E-state index is 14.1. The minimum Gasteiger partial charge on any atom is -0.322 e. The predicted molar refractivity (Wildman–Crippen MR) is 93.6 cm³/mol. The highest BCUT2D eigenvalue weighted by molar-refractivity contribution is 7.89. The SMILES string of the molecule is O=C(Nc1ccc(F)c(F)c1)c1cc(S(=O)(=O)N[C@@H](C2CC2)C(F)(F)F)ccc1F. The summed E-state index contributed by atoms with van der Waals surface area (Å²) >= 11 is 0. The maximum Gasteiger partial charge on any atom is 0.405 e. The normalized spacial score (nSPS) is 15.7. The summed E-state index contributed by atoms with van der Waals surface area (Å²) in [4.78, 5) is 11.5. The number of sulfonamides is 1. The fraction of sp³-hybridized carbons (Fsp3) is 0.278. The van der Waals surface area contributed by atoms with Crippen LogP contribution in [0.25, 0.3) is 0 Å². The number of nitrogens with one attached hydrogen (secondary N) is 2. The van der Waals surface area contributed by atoms with Crippen LogP contribution in [0.4, 0.5) is 32.0 Å². The summed E-state index contributed by atoms with van der Waals surface area (Å²) in [6.07, 6.45) is -4.41. The second kappa shape index (κ2) is 7.91. The van der Waals surface area contributed by atoms with Gasteiger partial charge >= 0.3 is 6.18 Å². The van der Waals surface area contributed by atoms with Gasteiger partial charge in [0.15, 0.2) is 11.6 Å². The largest absolute Gasteiger partial charge is 0.405 e. The van der Waals surface area contributed by atoms with Gasteiger partial charge in [-0.25, -0.2) is 21.6 Å². The first kappa shape index (κ1) is 22.1. The number of carbonyl (C=O) groups excluding carboxylic acids is 1. The highest BCUT2D eigenvalue weighted by Gasteiger charge is 2.50. The lowest BCUT2D eigenvalue weighted by molar-refractivity contribution is -0.155. The number of anilines is 1. The second-order valence-electron chi connectivity index (χ2n) is 6.70. The van der Waals surface area contributed by atoms with Crippen LogP contribution in [0.1, 0.15) is 23.2 Å². The number of hydrogen-bond acceptors (Lipinski definition) is 3. The molecule has 1 saturated carbocycles. The van der Waals surface area contributed by atoms with Crippen molar-refractivity contribution >= 4 is 21.6 Å². The van der Waals surface area contributed by atoms with Gasteiger partial charge in [-0.2, -0.15) is 17.9 Å². The highest BCUT2D eigenvalue weighted by Crippen LogP contribution is 2.40. The minimum absolute atomic E-state index is 0.206. The number of amides is 1. The molecule has 0 bridgehead atoms. The van der Waals surface area contributed by atoms with Gasteiger partial charge in [0, 0.05) is 11.8 Å². The molecule has 0 unspecified atom stereocenters. The topological polar surface area (TPSA) is 75.3 Å². The van der Waals surface area contributed by atoms with Crippen LogP contribution in [-0.4, -0.2) is 26.5 Å². The third-order valence-electron chi connectivity index (χ3n) is 4.40. The summed E-state index contributed by atoms with van der Waals surface area (Å²) in [5, 5.41) is 2.06. The molecule has 1 atom stereocenters.